The molecule has 1 N–H and O–H groups in total. The summed E-state index contributed by atoms with van der Waals surface area (Å²) < 4.78 is 5.49. The highest BCUT2D eigenvalue weighted by molar-refractivity contribution is 5.94. The van der Waals surface area contributed by atoms with E-state index >= 15 is 0 Å². The summed E-state index contributed by atoms with van der Waals surface area (Å²) in [6.45, 7) is 8.82. The number of rotatable bonds is 9. The van der Waals surface area contributed by atoms with Crippen LogP contribution in [0.1, 0.15) is 29.8 Å². The van der Waals surface area contributed by atoms with Crippen molar-refractivity contribution >= 4 is 5.91 Å². The van der Waals surface area contributed by atoms with Gasteiger partial charge in [-0.2, -0.15) is 5.26 Å². The number of hydrogen-bond donors (Lipinski definition) is 1. The van der Waals surface area contributed by atoms with Crippen molar-refractivity contribution in [3.05, 3.63) is 35.4 Å². The van der Waals surface area contributed by atoms with Crippen molar-refractivity contribution in [1.82, 2.24) is 10.2 Å². The highest BCUT2D eigenvalue weighted by Gasteiger charge is 2.05. The second-order valence-electron chi connectivity index (χ2n) is 4.59. The van der Waals surface area contributed by atoms with Crippen LogP contribution in [0.3, 0.4) is 0 Å². The maximum absolute atomic E-state index is 11.9. The summed E-state index contributed by atoms with van der Waals surface area (Å²) in [6.07, 6.45) is 0. The molecule has 0 radical (unpaired) electrons. The molecule has 0 aliphatic carbocycles. The molecule has 1 aromatic rings. The third kappa shape index (κ3) is 6.39. The minimum atomic E-state index is -0.181. The van der Waals surface area contributed by atoms with Crippen molar-refractivity contribution in [2.75, 3.05) is 39.4 Å². The van der Waals surface area contributed by atoms with E-state index in [1.807, 2.05) is 6.07 Å². The van der Waals surface area contributed by atoms with Crippen molar-refractivity contribution in [3.8, 4) is 6.07 Å². The SMILES string of the molecule is CCN(CC)CCOCCNC(=O)c1cccc(C#N)c1. The lowest BCUT2D eigenvalue weighted by Crippen LogP contribution is -2.30. The standard InChI is InChI=1S/C16H23N3O2/c1-3-19(4-2)9-11-21-10-8-18-16(20)15-7-5-6-14(12-15)13-17/h5-7,12H,3-4,8-11H2,1-2H3,(H,18,20). The number of carbonyl (C=O) groups is 1. The first-order valence-electron chi connectivity index (χ1n) is 7.29. The third-order valence-corrected chi connectivity index (χ3v) is 3.23. The van der Waals surface area contributed by atoms with Crippen LogP contribution in [-0.2, 0) is 4.74 Å². The molecule has 1 aromatic carbocycles. The van der Waals surface area contributed by atoms with Gasteiger partial charge >= 0.3 is 0 Å². The van der Waals surface area contributed by atoms with E-state index in [4.69, 9.17) is 10.00 Å². The smallest absolute Gasteiger partial charge is 0.251 e. The second kappa shape index (κ2) is 9.92. The number of benzene rings is 1. The molecule has 0 unspecified atom stereocenters. The zero-order valence-electron chi connectivity index (χ0n) is 12.8. The van der Waals surface area contributed by atoms with Crippen molar-refractivity contribution in [3.63, 3.8) is 0 Å². The number of likely N-dealkylation sites (N-methyl/N-ethyl adjacent to an activating group) is 1. The maximum Gasteiger partial charge on any atom is 0.251 e. The Morgan fingerprint density at radius 1 is 1.33 bits per heavy atom. The third-order valence-electron chi connectivity index (χ3n) is 3.23. The molecule has 1 rings (SSSR count). The van der Waals surface area contributed by atoms with Gasteiger partial charge in [0.1, 0.15) is 0 Å². The average molecular weight is 289 g/mol. The van der Waals surface area contributed by atoms with Crippen LogP contribution >= 0.6 is 0 Å². The number of carbonyl (C=O) groups excluding carboxylic acids is 1. The van der Waals surface area contributed by atoms with Crippen molar-refractivity contribution in [2.45, 2.75) is 13.8 Å². The summed E-state index contributed by atoms with van der Waals surface area (Å²) in [5.41, 5.74) is 0.982. The largest absolute Gasteiger partial charge is 0.378 e. The first-order valence-corrected chi connectivity index (χ1v) is 7.29. The molecule has 0 aromatic heterocycles. The molecule has 5 heteroatoms. The molecule has 1 amide bonds. The van der Waals surface area contributed by atoms with Crippen LogP contribution in [0.5, 0.6) is 0 Å². The molecular weight excluding hydrogens is 266 g/mol. The van der Waals surface area contributed by atoms with E-state index in [9.17, 15) is 4.79 Å². The Morgan fingerprint density at radius 2 is 2.10 bits per heavy atom. The van der Waals surface area contributed by atoms with Gasteiger partial charge in [0.05, 0.1) is 24.8 Å². The van der Waals surface area contributed by atoms with Crippen LogP contribution in [0.25, 0.3) is 0 Å². The fourth-order valence-electron chi connectivity index (χ4n) is 1.90. The minimum Gasteiger partial charge on any atom is -0.378 e. The molecule has 0 atom stereocenters. The molecule has 114 valence electrons. The van der Waals surface area contributed by atoms with Gasteiger partial charge in [-0.15, -0.1) is 0 Å². The fourth-order valence-corrected chi connectivity index (χ4v) is 1.90. The van der Waals surface area contributed by atoms with E-state index in [2.05, 4.69) is 24.1 Å². The predicted molar refractivity (Wildman–Crippen MR) is 82.1 cm³/mol. The summed E-state index contributed by atoms with van der Waals surface area (Å²) in [7, 11) is 0. The number of nitriles is 1. The molecule has 0 heterocycles. The van der Waals surface area contributed by atoms with E-state index < -0.39 is 0 Å². The van der Waals surface area contributed by atoms with Gasteiger partial charge in [-0.1, -0.05) is 19.9 Å². The number of amides is 1. The lowest BCUT2D eigenvalue weighted by atomic mass is 10.1. The molecular formula is C16H23N3O2. The quantitative estimate of drug-likeness (QED) is 0.702. The molecule has 0 aliphatic heterocycles. The van der Waals surface area contributed by atoms with Crippen LogP contribution < -0.4 is 5.32 Å². The fraction of sp³-hybridized carbons (Fsp3) is 0.500. The first-order chi connectivity index (χ1) is 10.2. The number of nitrogens with zero attached hydrogens (tertiary/aromatic N) is 2. The Morgan fingerprint density at radius 3 is 2.76 bits per heavy atom. The minimum absolute atomic E-state index is 0.181. The van der Waals surface area contributed by atoms with E-state index in [1.165, 1.54) is 0 Å². The number of ether oxygens (including phenoxy) is 1. The van der Waals surface area contributed by atoms with E-state index in [0.29, 0.717) is 30.9 Å². The summed E-state index contributed by atoms with van der Waals surface area (Å²) in [6, 6.07) is 8.67. The van der Waals surface area contributed by atoms with Gasteiger partial charge in [0.15, 0.2) is 0 Å². The first kappa shape index (κ1) is 17.2. The molecule has 5 nitrogen and oxygen atoms in total. The van der Waals surface area contributed by atoms with Gasteiger partial charge in [-0.05, 0) is 31.3 Å². The topological polar surface area (TPSA) is 65.4 Å². The van der Waals surface area contributed by atoms with E-state index in [1.54, 1.807) is 24.3 Å². The monoisotopic (exact) mass is 289 g/mol. The number of nitrogens with one attached hydrogen (secondary N) is 1. The summed E-state index contributed by atoms with van der Waals surface area (Å²) >= 11 is 0. The zero-order chi connectivity index (χ0) is 15.5. The second-order valence-corrected chi connectivity index (χ2v) is 4.59. The van der Waals surface area contributed by atoms with Crippen molar-refractivity contribution in [2.24, 2.45) is 0 Å². The molecule has 0 aliphatic rings. The summed E-state index contributed by atoms with van der Waals surface area (Å²) in [4.78, 5) is 14.1. The predicted octanol–water partition coefficient (Wildman–Crippen LogP) is 1.65. The van der Waals surface area contributed by atoms with Crippen LogP contribution in [0.4, 0.5) is 0 Å². The highest BCUT2D eigenvalue weighted by atomic mass is 16.5. The van der Waals surface area contributed by atoms with Gasteiger partial charge in [-0.3, -0.25) is 4.79 Å². The highest BCUT2D eigenvalue weighted by Crippen LogP contribution is 2.03. The molecule has 0 saturated carbocycles. The maximum atomic E-state index is 11.9. The van der Waals surface area contributed by atoms with E-state index in [-0.39, 0.29) is 5.91 Å². The Labute approximate surface area is 126 Å². The van der Waals surface area contributed by atoms with Crippen molar-refractivity contribution < 1.29 is 9.53 Å². The molecule has 21 heavy (non-hydrogen) atoms. The van der Waals surface area contributed by atoms with Crippen LogP contribution in [0.15, 0.2) is 24.3 Å². The Kier molecular flexibility index (Phi) is 8.10. The van der Waals surface area contributed by atoms with Crippen LogP contribution in [0, 0.1) is 11.3 Å². The lowest BCUT2D eigenvalue weighted by molar-refractivity contribution is 0.0884. The van der Waals surface area contributed by atoms with E-state index in [0.717, 1.165) is 19.6 Å². The average Bonchev–Trinajstić information content (AvgIpc) is 2.54. The molecule has 0 bridgehead atoms. The molecule has 0 saturated heterocycles. The Bertz CT molecular complexity index is 479. The van der Waals surface area contributed by atoms with Gasteiger partial charge < -0.3 is 15.0 Å². The van der Waals surface area contributed by atoms with Crippen molar-refractivity contribution in [1.29, 1.82) is 5.26 Å². The Hall–Kier alpha value is -1.90. The normalized spacial score (nSPS) is 10.4. The molecule has 0 spiro atoms. The Balaban J connectivity index is 2.20. The summed E-state index contributed by atoms with van der Waals surface area (Å²) in [5, 5.41) is 11.6. The molecule has 0 fully saturated rings. The van der Waals surface area contributed by atoms with Gasteiger partial charge in [0.25, 0.3) is 5.91 Å². The van der Waals surface area contributed by atoms with Gasteiger partial charge in [-0.25, -0.2) is 0 Å². The van der Waals surface area contributed by atoms with Gasteiger partial charge in [0, 0.05) is 18.7 Å². The van der Waals surface area contributed by atoms with Gasteiger partial charge in [0.2, 0.25) is 0 Å². The summed E-state index contributed by atoms with van der Waals surface area (Å²) in [5.74, 6) is -0.181. The lowest BCUT2D eigenvalue weighted by Gasteiger charge is -2.17. The van der Waals surface area contributed by atoms with Crippen LogP contribution in [-0.4, -0.2) is 50.2 Å². The number of hydrogen-bond acceptors (Lipinski definition) is 4. The zero-order valence-corrected chi connectivity index (χ0v) is 12.8. The van der Waals surface area contributed by atoms with Crippen LogP contribution in [0.2, 0.25) is 0 Å².